The second-order valence-corrected chi connectivity index (χ2v) is 7.73. The molecule has 24 heavy (non-hydrogen) atoms. The van der Waals surface area contributed by atoms with Crippen LogP contribution in [0.25, 0.3) is 0 Å². The molecule has 2 saturated heterocycles. The van der Waals surface area contributed by atoms with Crippen molar-refractivity contribution in [2.45, 2.75) is 12.5 Å². The third-order valence-electron chi connectivity index (χ3n) is 4.18. The molecule has 0 bridgehead atoms. The van der Waals surface area contributed by atoms with E-state index in [1.807, 2.05) is 0 Å². The summed E-state index contributed by atoms with van der Waals surface area (Å²) in [4.78, 5) is 25.1. The van der Waals surface area contributed by atoms with Gasteiger partial charge in [0.15, 0.2) is 6.04 Å². The Bertz CT molecular complexity index is 746. The van der Waals surface area contributed by atoms with Crippen molar-refractivity contribution in [1.29, 1.82) is 0 Å². The zero-order chi connectivity index (χ0) is 17.3. The van der Waals surface area contributed by atoms with Gasteiger partial charge in [0.2, 0.25) is 10.0 Å². The summed E-state index contributed by atoms with van der Waals surface area (Å²) in [6.07, 6.45) is 0.580. The first-order valence-electron chi connectivity index (χ1n) is 7.62. The normalized spacial score (nSPS) is 23.2. The largest absolute Gasteiger partial charge is 0.480 e. The number of morpholine rings is 1. The third kappa shape index (κ3) is 3.09. The molecular weight excluding hydrogens is 336 g/mol. The first kappa shape index (κ1) is 16.7. The fourth-order valence-electron chi connectivity index (χ4n) is 2.92. The molecule has 130 valence electrons. The van der Waals surface area contributed by atoms with E-state index in [1.54, 1.807) is 12.1 Å². The number of carbonyl (C=O) groups excluding carboxylic acids is 1. The number of anilines is 1. The quantitative estimate of drug-likeness (QED) is 0.829. The van der Waals surface area contributed by atoms with E-state index in [2.05, 4.69) is 0 Å². The van der Waals surface area contributed by atoms with Gasteiger partial charge in [-0.15, -0.1) is 0 Å². The zero-order valence-electron chi connectivity index (χ0n) is 12.9. The monoisotopic (exact) mass is 354 g/mol. The van der Waals surface area contributed by atoms with Gasteiger partial charge in [-0.3, -0.25) is 9.10 Å². The number of carboxylic acids is 1. The number of carbonyl (C=O) groups is 2. The molecule has 1 aromatic rings. The SMILES string of the molecule is O=C(O)[C@H]1COCCN1C(=O)c1ccc(N2CCCS2(=O)=O)cc1. The first-order chi connectivity index (χ1) is 11.4. The molecule has 1 N–H and O–H groups in total. The van der Waals surface area contributed by atoms with Crippen molar-refractivity contribution in [3.05, 3.63) is 29.8 Å². The Morgan fingerprint density at radius 2 is 1.88 bits per heavy atom. The molecule has 1 atom stereocenters. The fraction of sp³-hybridized carbons (Fsp3) is 0.467. The summed E-state index contributed by atoms with van der Waals surface area (Å²) in [5, 5.41) is 9.20. The zero-order valence-corrected chi connectivity index (χ0v) is 13.7. The molecule has 2 aliphatic rings. The topological polar surface area (TPSA) is 104 Å². The molecule has 0 aliphatic carbocycles. The summed E-state index contributed by atoms with van der Waals surface area (Å²) < 4.78 is 30.3. The molecule has 0 aromatic heterocycles. The Balaban J connectivity index is 1.80. The van der Waals surface area contributed by atoms with Crippen LogP contribution in [0, 0.1) is 0 Å². The summed E-state index contributed by atoms with van der Waals surface area (Å²) in [7, 11) is -3.27. The van der Waals surface area contributed by atoms with Gasteiger partial charge in [0.1, 0.15) is 0 Å². The molecule has 3 rings (SSSR count). The van der Waals surface area contributed by atoms with Gasteiger partial charge >= 0.3 is 5.97 Å². The van der Waals surface area contributed by atoms with Gasteiger partial charge in [-0.05, 0) is 30.7 Å². The van der Waals surface area contributed by atoms with Crippen LogP contribution in [0.3, 0.4) is 0 Å². The van der Waals surface area contributed by atoms with Crippen molar-refractivity contribution in [1.82, 2.24) is 4.90 Å². The highest BCUT2D eigenvalue weighted by molar-refractivity contribution is 7.93. The van der Waals surface area contributed by atoms with Gasteiger partial charge in [0.05, 0.1) is 24.7 Å². The number of rotatable bonds is 3. The molecule has 8 nitrogen and oxygen atoms in total. The molecule has 0 saturated carbocycles. The Kier molecular flexibility index (Phi) is 4.46. The molecule has 0 unspecified atom stereocenters. The van der Waals surface area contributed by atoms with Gasteiger partial charge in [-0.1, -0.05) is 0 Å². The smallest absolute Gasteiger partial charge is 0.328 e. The standard InChI is InChI=1S/C15H18N2O6S/c18-14(16-7-8-23-10-13(16)15(19)20)11-2-4-12(5-3-11)17-6-1-9-24(17,21)22/h2-5,13H,1,6-10H2,(H,19,20)/t13-/m1/s1. The maximum Gasteiger partial charge on any atom is 0.328 e. The van der Waals surface area contributed by atoms with E-state index in [4.69, 9.17) is 4.74 Å². The molecule has 1 aromatic carbocycles. The molecule has 2 aliphatic heterocycles. The fourth-order valence-corrected chi connectivity index (χ4v) is 4.48. The van der Waals surface area contributed by atoms with Gasteiger partial charge in [-0.25, -0.2) is 13.2 Å². The van der Waals surface area contributed by atoms with Crippen LogP contribution in [0.5, 0.6) is 0 Å². The molecule has 1 amide bonds. The Hall–Kier alpha value is -2.13. The molecule has 0 radical (unpaired) electrons. The van der Waals surface area contributed by atoms with Crippen molar-refractivity contribution >= 4 is 27.6 Å². The summed E-state index contributed by atoms with van der Waals surface area (Å²) in [5.41, 5.74) is 0.837. The average Bonchev–Trinajstić information content (AvgIpc) is 2.93. The lowest BCUT2D eigenvalue weighted by atomic mass is 10.1. The van der Waals surface area contributed by atoms with Gasteiger partial charge in [0.25, 0.3) is 5.91 Å². The van der Waals surface area contributed by atoms with Crippen LogP contribution >= 0.6 is 0 Å². The molecular formula is C15H18N2O6S. The second-order valence-electron chi connectivity index (χ2n) is 5.72. The summed E-state index contributed by atoms with van der Waals surface area (Å²) in [6, 6.07) is 5.20. The lowest BCUT2D eigenvalue weighted by molar-refractivity contribution is -0.147. The molecule has 0 spiro atoms. The van der Waals surface area contributed by atoms with E-state index in [9.17, 15) is 23.1 Å². The minimum Gasteiger partial charge on any atom is -0.480 e. The second kappa shape index (κ2) is 6.40. The minimum absolute atomic E-state index is 0.0365. The number of benzene rings is 1. The van der Waals surface area contributed by atoms with Crippen molar-refractivity contribution in [3.63, 3.8) is 0 Å². The molecule has 2 fully saturated rings. The van der Waals surface area contributed by atoms with E-state index in [0.717, 1.165) is 0 Å². The average molecular weight is 354 g/mol. The first-order valence-corrected chi connectivity index (χ1v) is 9.23. The maximum atomic E-state index is 12.5. The molecule has 2 heterocycles. The number of carboxylic acid groups (broad SMARTS) is 1. The predicted molar refractivity (Wildman–Crippen MR) is 85.5 cm³/mol. The summed E-state index contributed by atoms with van der Waals surface area (Å²) in [5.74, 6) is -1.38. The molecule has 9 heteroatoms. The Morgan fingerprint density at radius 1 is 1.17 bits per heavy atom. The van der Waals surface area contributed by atoms with E-state index in [-0.39, 0.29) is 18.9 Å². The lowest BCUT2D eigenvalue weighted by Crippen LogP contribution is -2.52. The van der Waals surface area contributed by atoms with Crippen LogP contribution in [-0.2, 0) is 19.6 Å². The van der Waals surface area contributed by atoms with E-state index in [0.29, 0.717) is 30.8 Å². The summed E-state index contributed by atoms with van der Waals surface area (Å²) >= 11 is 0. The number of sulfonamides is 1. The van der Waals surface area contributed by atoms with E-state index < -0.39 is 27.9 Å². The van der Waals surface area contributed by atoms with Crippen molar-refractivity contribution in [2.75, 3.05) is 36.4 Å². The van der Waals surface area contributed by atoms with E-state index >= 15 is 0 Å². The number of nitrogens with zero attached hydrogens (tertiary/aromatic N) is 2. The van der Waals surface area contributed by atoms with Crippen LogP contribution < -0.4 is 4.31 Å². The number of hydrogen-bond donors (Lipinski definition) is 1. The van der Waals surface area contributed by atoms with Crippen molar-refractivity contribution in [3.8, 4) is 0 Å². The Labute approximate surface area is 139 Å². The van der Waals surface area contributed by atoms with Crippen molar-refractivity contribution < 1.29 is 27.9 Å². The van der Waals surface area contributed by atoms with Gasteiger partial charge < -0.3 is 14.7 Å². The van der Waals surface area contributed by atoms with Gasteiger partial charge in [0, 0.05) is 18.7 Å². The van der Waals surface area contributed by atoms with Crippen molar-refractivity contribution in [2.24, 2.45) is 0 Å². The number of aliphatic carboxylic acids is 1. The third-order valence-corrected chi connectivity index (χ3v) is 6.05. The number of ether oxygens (including phenoxy) is 1. The highest BCUT2D eigenvalue weighted by Gasteiger charge is 2.33. The summed E-state index contributed by atoms with van der Waals surface area (Å²) in [6.45, 7) is 0.892. The van der Waals surface area contributed by atoms with Gasteiger partial charge in [-0.2, -0.15) is 0 Å². The lowest BCUT2D eigenvalue weighted by Gasteiger charge is -2.33. The highest BCUT2D eigenvalue weighted by atomic mass is 32.2. The van der Waals surface area contributed by atoms with Crippen LogP contribution in [0.15, 0.2) is 24.3 Å². The predicted octanol–water partition coefficient (Wildman–Crippen LogP) is 0.152. The minimum atomic E-state index is -3.27. The number of amides is 1. The maximum absolute atomic E-state index is 12.5. The van der Waals surface area contributed by atoms with E-state index in [1.165, 1.54) is 21.3 Å². The van der Waals surface area contributed by atoms with Crippen LogP contribution in [0.1, 0.15) is 16.8 Å². The highest BCUT2D eigenvalue weighted by Crippen LogP contribution is 2.24. The Morgan fingerprint density at radius 3 is 2.46 bits per heavy atom. The van der Waals surface area contributed by atoms with Crippen LogP contribution in [0.2, 0.25) is 0 Å². The van der Waals surface area contributed by atoms with Crippen LogP contribution in [-0.4, -0.2) is 68.4 Å². The van der Waals surface area contributed by atoms with Crippen LogP contribution in [0.4, 0.5) is 5.69 Å². The number of hydrogen-bond acceptors (Lipinski definition) is 5.